The van der Waals surface area contributed by atoms with E-state index in [4.69, 9.17) is 0 Å². The molecule has 0 unspecified atom stereocenters. The van der Waals surface area contributed by atoms with Crippen molar-refractivity contribution in [3.8, 4) is 5.69 Å². The minimum Gasteiger partial charge on any atom is -0.336 e. The summed E-state index contributed by atoms with van der Waals surface area (Å²) in [4.78, 5) is 29.9. The van der Waals surface area contributed by atoms with E-state index in [0.29, 0.717) is 29.2 Å². The highest BCUT2D eigenvalue weighted by atomic mass is 32.1. The molecule has 0 saturated carbocycles. The minimum atomic E-state index is -4.39. The lowest BCUT2D eigenvalue weighted by molar-refractivity contribution is -0.137. The highest BCUT2D eigenvalue weighted by Gasteiger charge is 2.30. The van der Waals surface area contributed by atoms with E-state index in [9.17, 15) is 22.8 Å². The first kappa shape index (κ1) is 30.0. The van der Waals surface area contributed by atoms with E-state index < -0.39 is 17.8 Å². The van der Waals surface area contributed by atoms with Gasteiger partial charge in [0.1, 0.15) is 5.78 Å². The topological polar surface area (TPSA) is 63.5 Å². The SMILES string of the molecule is Cc1ccc(C(C)C)c(-n2ccsc2=NC(=O)NCCc2ccc(CC(=O)Cc3ccc(C(F)(F)F)cc3)cc2)c1. The number of Topliss-reactive ketones (excluding diaryl/α,β-unsaturated/α-hetero) is 1. The molecule has 9 heteroatoms. The number of nitrogens with one attached hydrogen (secondary N) is 1. The van der Waals surface area contributed by atoms with Gasteiger partial charge in [0, 0.05) is 31.0 Å². The molecule has 41 heavy (non-hydrogen) atoms. The molecule has 2 amide bonds. The van der Waals surface area contributed by atoms with Gasteiger partial charge in [-0.2, -0.15) is 18.2 Å². The van der Waals surface area contributed by atoms with E-state index in [-0.39, 0.29) is 18.6 Å². The summed E-state index contributed by atoms with van der Waals surface area (Å²) in [6, 6.07) is 18.1. The Balaban J connectivity index is 1.29. The summed E-state index contributed by atoms with van der Waals surface area (Å²) < 4.78 is 40.1. The Kier molecular flexibility index (Phi) is 9.60. The van der Waals surface area contributed by atoms with Gasteiger partial charge in [0.05, 0.1) is 11.3 Å². The van der Waals surface area contributed by atoms with Crippen molar-refractivity contribution in [2.24, 2.45) is 4.99 Å². The van der Waals surface area contributed by atoms with Gasteiger partial charge in [-0.05, 0) is 65.3 Å². The third-order valence-electron chi connectivity index (χ3n) is 6.65. The molecule has 1 aromatic heterocycles. The minimum absolute atomic E-state index is 0.0717. The van der Waals surface area contributed by atoms with Crippen LogP contribution in [-0.2, 0) is 30.2 Å². The van der Waals surface area contributed by atoms with Crippen LogP contribution in [0.15, 0.2) is 83.3 Å². The van der Waals surface area contributed by atoms with Crippen molar-refractivity contribution in [1.29, 1.82) is 0 Å². The lowest BCUT2D eigenvalue weighted by atomic mass is 9.99. The maximum absolute atomic E-state index is 12.7. The van der Waals surface area contributed by atoms with Gasteiger partial charge >= 0.3 is 12.2 Å². The molecule has 3 aromatic carbocycles. The average Bonchev–Trinajstić information content (AvgIpc) is 3.37. The molecule has 4 rings (SSSR count). The molecule has 5 nitrogen and oxygen atoms in total. The van der Waals surface area contributed by atoms with Gasteiger partial charge in [0.15, 0.2) is 4.80 Å². The fourth-order valence-corrected chi connectivity index (χ4v) is 5.19. The van der Waals surface area contributed by atoms with Crippen LogP contribution in [0.4, 0.5) is 18.0 Å². The second-order valence-corrected chi connectivity index (χ2v) is 11.1. The van der Waals surface area contributed by atoms with E-state index in [2.05, 4.69) is 42.4 Å². The summed E-state index contributed by atoms with van der Waals surface area (Å²) >= 11 is 1.40. The Bertz CT molecular complexity index is 1570. The van der Waals surface area contributed by atoms with Crippen LogP contribution in [0.2, 0.25) is 0 Å². The molecule has 0 saturated heterocycles. The Morgan fingerprint density at radius 3 is 2.15 bits per heavy atom. The van der Waals surface area contributed by atoms with Crippen molar-refractivity contribution in [3.63, 3.8) is 0 Å². The molecule has 1 N–H and O–H groups in total. The quantitative estimate of drug-likeness (QED) is 0.228. The number of amides is 2. The molecule has 0 fully saturated rings. The number of benzene rings is 3. The predicted molar refractivity (Wildman–Crippen MR) is 155 cm³/mol. The van der Waals surface area contributed by atoms with Crippen LogP contribution in [-0.4, -0.2) is 22.9 Å². The molecule has 4 aromatic rings. The van der Waals surface area contributed by atoms with E-state index in [1.807, 2.05) is 47.3 Å². The van der Waals surface area contributed by atoms with E-state index in [1.165, 1.54) is 29.0 Å². The molecule has 0 atom stereocenters. The number of thiazole rings is 1. The normalized spacial score (nSPS) is 12.1. The van der Waals surface area contributed by atoms with Crippen molar-refractivity contribution in [1.82, 2.24) is 9.88 Å². The number of rotatable bonds is 9. The second-order valence-electron chi connectivity index (χ2n) is 10.3. The lowest BCUT2D eigenvalue weighted by Crippen LogP contribution is -2.26. The van der Waals surface area contributed by atoms with Gasteiger partial charge < -0.3 is 5.32 Å². The Labute approximate surface area is 241 Å². The third-order valence-corrected chi connectivity index (χ3v) is 7.41. The number of aryl methyl sites for hydroxylation is 1. The summed E-state index contributed by atoms with van der Waals surface area (Å²) in [5.74, 6) is 0.242. The van der Waals surface area contributed by atoms with E-state index in [1.54, 1.807) is 0 Å². The highest BCUT2D eigenvalue weighted by Crippen LogP contribution is 2.29. The van der Waals surface area contributed by atoms with Crippen LogP contribution in [0.25, 0.3) is 5.69 Å². The van der Waals surface area contributed by atoms with Crippen molar-refractivity contribution in [2.45, 2.75) is 52.1 Å². The van der Waals surface area contributed by atoms with Gasteiger partial charge in [-0.3, -0.25) is 9.36 Å². The summed E-state index contributed by atoms with van der Waals surface area (Å²) in [7, 11) is 0. The van der Waals surface area contributed by atoms with Crippen LogP contribution in [0.3, 0.4) is 0 Å². The fourth-order valence-electron chi connectivity index (χ4n) is 4.48. The first-order valence-electron chi connectivity index (χ1n) is 13.3. The number of ketones is 1. The summed E-state index contributed by atoms with van der Waals surface area (Å²) in [5, 5.41) is 4.76. The van der Waals surface area contributed by atoms with Gasteiger partial charge in [0.2, 0.25) is 0 Å². The number of carbonyl (C=O) groups is 2. The summed E-state index contributed by atoms with van der Waals surface area (Å²) in [6.07, 6.45) is -1.61. The first-order chi connectivity index (χ1) is 19.5. The van der Waals surface area contributed by atoms with Crippen LogP contribution < -0.4 is 10.1 Å². The zero-order chi connectivity index (χ0) is 29.6. The molecule has 0 aliphatic rings. The van der Waals surface area contributed by atoms with Crippen LogP contribution in [0, 0.1) is 6.92 Å². The molecular formula is C32H32F3N3O2S. The maximum atomic E-state index is 12.7. The van der Waals surface area contributed by atoms with Gasteiger partial charge in [-0.25, -0.2) is 4.79 Å². The zero-order valence-electron chi connectivity index (χ0n) is 23.2. The number of halogens is 3. The Hall–Kier alpha value is -3.98. The number of carbonyl (C=O) groups excluding carboxylic acids is 2. The van der Waals surface area contributed by atoms with Crippen molar-refractivity contribution in [2.75, 3.05) is 6.54 Å². The molecular weight excluding hydrogens is 547 g/mol. The Morgan fingerprint density at radius 2 is 1.54 bits per heavy atom. The van der Waals surface area contributed by atoms with Gasteiger partial charge in [-0.15, -0.1) is 11.3 Å². The van der Waals surface area contributed by atoms with Gasteiger partial charge in [0.25, 0.3) is 0 Å². The van der Waals surface area contributed by atoms with Crippen LogP contribution >= 0.6 is 11.3 Å². The number of urea groups is 1. The highest BCUT2D eigenvalue weighted by molar-refractivity contribution is 7.07. The molecule has 0 radical (unpaired) electrons. The number of nitrogens with zero attached hydrogens (tertiary/aromatic N) is 2. The van der Waals surface area contributed by atoms with Crippen molar-refractivity contribution < 1.29 is 22.8 Å². The van der Waals surface area contributed by atoms with Crippen molar-refractivity contribution >= 4 is 23.2 Å². The average molecular weight is 580 g/mol. The smallest absolute Gasteiger partial charge is 0.336 e. The number of hydrogen-bond acceptors (Lipinski definition) is 3. The zero-order valence-corrected chi connectivity index (χ0v) is 24.0. The van der Waals surface area contributed by atoms with Crippen LogP contribution in [0.5, 0.6) is 0 Å². The third kappa shape index (κ3) is 8.27. The van der Waals surface area contributed by atoms with Gasteiger partial charge in [-0.1, -0.05) is 62.4 Å². The summed E-state index contributed by atoms with van der Waals surface area (Å²) in [5.41, 5.74) is 4.97. The van der Waals surface area contributed by atoms with Crippen molar-refractivity contribution in [3.05, 3.63) is 116 Å². The Morgan fingerprint density at radius 1 is 0.927 bits per heavy atom. The number of aromatic nitrogens is 1. The second kappa shape index (κ2) is 13.1. The van der Waals surface area contributed by atoms with Crippen LogP contribution in [0.1, 0.15) is 53.1 Å². The summed E-state index contributed by atoms with van der Waals surface area (Å²) in [6.45, 7) is 6.72. The molecule has 214 valence electrons. The fraction of sp³-hybridized carbons (Fsp3) is 0.281. The predicted octanol–water partition coefficient (Wildman–Crippen LogP) is 7.20. The largest absolute Gasteiger partial charge is 0.416 e. The first-order valence-corrected chi connectivity index (χ1v) is 14.2. The van der Waals surface area contributed by atoms with E-state index >= 15 is 0 Å². The monoisotopic (exact) mass is 579 g/mol. The maximum Gasteiger partial charge on any atom is 0.416 e. The standard InChI is InChI=1S/C32H32F3N3O2S/c1-21(2)28-13-4-22(3)18-29(28)38-16-17-41-31(38)37-30(40)36-15-14-23-5-7-24(8-6-23)19-27(39)20-25-9-11-26(12-10-25)32(33,34)35/h4-13,16-18,21H,14-15,19-20H2,1-3H3,(H,36,40). The molecule has 1 heterocycles. The molecule has 0 aliphatic heterocycles. The molecule has 0 spiro atoms. The number of alkyl halides is 3. The molecule has 0 aliphatic carbocycles. The van der Waals surface area contributed by atoms with E-state index in [0.717, 1.165) is 34.5 Å². The molecule has 0 bridgehead atoms. The lowest BCUT2D eigenvalue weighted by Gasteiger charge is -2.14. The number of hydrogen-bond donors (Lipinski definition) is 1.